The van der Waals surface area contributed by atoms with Gasteiger partial charge in [-0.05, 0) is 37.3 Å². The lowest BCUT2D eigenvalue weighted by atomic mass is 10.1. The van der Waals surface area contributed by atoms with Gasteiger partial charge in [0.25, 0.3) is 0 Å². The first-order chi connectivity index (χ1) is 13.8. The number of halogens is 3. The minimum atomic E-state index is -4.55. The van der Waals surface area contributed by atoms with Crippen LogP contribution >= 0.6 is 0 Å². The van der Waals surface area contributed by atoms with E-state index in [2.05, 4.69) is 31.2 Å². The molecule has 0 bridgehead atoms. The predicted molar refractivity (Wildman–Crippen MR) is 101 cm³/mol. The quantitative estimate of drug-likeness (QED) is 0.547. The smallest absolute Gasteiger partial charge is 0.367 e. The van der Waals surface area contributed by atoms with Crippen LogP contribution in [-0.4, -0.2) is 39.1 Å². The number of nitrogens with zero attached hydrogens (tertiary/aromatic N) is 4. The molecule has 2 heterocycles. The topological polar surface area (TPSA) is 96.8 Å². The van der Waals surface area contributed by atoms with Crippen molar-refractivity contribution in [2.75, 3.05) is 23.7 Å². The van der Waals surface area contributed by atoms with Crippen LogP contribution in [0.25, 0.3) is 5.82 Å². The summed E-state index contributed by atoms with van der Waals surface area (Å²) >= 11 is 0. The van der Waals surface area contributed by atoms with Crippen LogP contribution in [0.2, 0.25) is 0 Å². The average Bonchev–Trinajstić information content (AvgIpc) is 3.12. The molecule has 2 amide bonds. The molecule has 0 radical (unpaired) electrons. The number of nitrogens with one attached hydrogen (secondary N) is 3. The molecule has 0 atom stereocenters. The highest BCUT2D eigenvalue weighted by molar-refractivity contribution is 5.90. The maximum absolute atomic E-state index is 12.9. The van der Waals surface area contributed by atoms with Crippen molar-refractivity contribution in [2.24, 2.45) is 0 Å². The molecule has 0 fully saturated rings. The lowest BCUT2D eigenvalue weighted by Gasteiger charge is -2.14. The van der Waals surface area contributed by atoms with E-state index in [1.165, 1.54) is 18.2 Å². The highest BCUT2D eigenvalue weighted by Gasteiger charge is 2.33. The Morgan fingerprint density at radius 2 is 1.86 bits per heavy atom. The van der Waals surface area contributed by atoms with Gasteiger partial charge in [-0.2, -0.15) is 18.3 Å². The maximum Gasteiger partial charge on any atom is 0.418 e. The Kier molecular flexibility index (Phi) is 5.96. The summed E-state index contributed by atoms with van der Waals surface area (Å²) in [4.78, 5) is 11.9. The van der Waals surface area contributed by atoms with E-state index in [0.717, 1.165) is 11.8 Å². The highest BCUT2D eigenvalue weighted by Crippen LogP contribution is 2.34. The number of para-hydroxylation sites is 1. The van der Waals surface area contributed by atoms with Crippen LogP contribution in [0.15, 0.2) is 48.7 Å². The molecule has 3 aromatic rings. The summed E-state index contributed by atoms with van der Waals surface area (Å²) in [7, 11) is 0. The summed E-state index contributed by atoms with van der Waals surface area (Å²) in [6.07, 6.45) is -2.78. The molecule has 11 heteroatoms. The van der Waals surface area contributed by atoms with Crippen LogP contribution in [-0.2, 0) is 6.18 Å². The van der Waals surface area contributed by atoms with E-state index in [1.807, 2.05) is 13.0 Å². The molecule has 8 nitrogen and oxygen atoms in total. The normalized spacial score (nSPS) is 11.2. The van der Waals surface area contributed by atoms with E-state index < -0.39 is 17.8 Å². The zero-order valence-corrected chi connectivity index (χ0v) is 15.4. The average molecular weight is 405 g/mol. The molecule has 0 aliphatic heterocycles. The number of rotatable bonds is 6. The summed E-state index contributed by atoms with van der Waals surface area (Å²) in [5.74, 6) is 1.05. The molecule has 0 aliphatic rings. The zero-order valence-electron chi connectivity index (χ0n) is 15.4. The number of alkyl halides is 3. The number of aromatic nitrogens is 4. The maximum atomic E-state index is 12.9. The number of hydrogen-bond acceptors (Lipinski definition) is 5. The minimum absolute atomic E-state index is 0.168. The Balaban J connectivity index is 1.45. The molecule has 3 rings (SSSR count). The number of carbonyl (C=O) groups is 1. The number of urea groups is 1. The van der Waals surface area contributed by atoms with Crippen LogP contribution in [0.1, 0.15) is 11.3 Å². The molecule has 2 aromatic heterocycles. The Morgan fingerprint density at radius 3 is 2.52 bits per heavy atom. The van der Waals surface area contributed by atoms with E-state index >= 15 is 0 Å². The van der Waals surface area contributed by atoms with E-state index in [4.69, 9.17) is 0 Å². The highest BCUT2D eigenvalue weighted by atomic mass is 19.4. The van der Waals surface area contributed by atoms with E-state index in [0.29, 0.717) is 18.2 Å². The van der Waals surface area contributed by atoms with Crippen molar-refractivity contribution in [2.45, 2.75) is 13.1 Å². The second-order valence-corrected chi connectivity index (χ2v) is 6.03. The summed E-state index contributed by atoms with van der Waals surface area (Å²) < 4.78 is 40.4. The molecular formula is C18H18F3N7O. The van der Waals surface area contributed by atoms with Crippen LogP contribution in [0, 0.1) is 6.92 Å². The van der Waals surface area contributed by atoms with Gasteiger partial charge in [0.1, 0.15) is 5.82 Å². The van der Waals surface area contributed by atoms with Crippen molar-refractivity contribution >= 4 is 17.5 Å². The lowest BCUT2D eigenvalue weighted by Crippen LogP contribution is -2.33. The minimum Gasteiger partial charge on any atom is -0.367 e. The molecule has 29 heavy (non-hydrogen) atoms. The molecular weight excluding hydrogens is 387 g/mol. The third-order valence-corrected chi connectivity index (χ3v) is 3.80. The molecule has 0 unspecified atom stereocenters. The van der Waals surface area contributed by atoms with Gasteiger partial charge in [-0.15, -0.1) is 10.2 Å². The van der Waals surface area contributed by atoms with Crippen molar-refractivity contribution < 1.29 is 18.0 Å². The van der Waals surface area contributed by atoms with E-state index in [1.54, 1.807) is 23.0 Å². The fourth-order valence-electron chi connectivity index (χ4n) is 2.46. The van der Waals surface area contributed by atoms with Gasteiger partial charge in [0.2, 0.25) is 0 Å². The predicted octanol–water partition coefficient (Wildman–Crippen LogP) is 3.22. The van der Waals surface area contributed by atoms with E-state index in [-0.39, 0.29) is 12.2 Å². The first-order valence-corrected chi connectivity index (χ1v) is 8.64. The van der Waals surface area contributed by atoms with Crippen LogP contribution in [0.5, 0.6) is 0 Å². The molecule has 152 valence electrons. The van der Waals surface area contributed by atoms with Gasteiger partial charge in [-0.3, -0.25) is 0 Å². The van der Waals surface area contributed by atoms with Crippen molar-refractivity contribution in [3.63, 3.8) is 0 Å². The molecule has 0 saturated carbocycles. The van der Waals surface area contributed by atoms with Gasteiger partial charge in [0.05, 0.1) is 16.9 Å². The van der Waals surface area contributed by atoms with Gasteiger partial charge in [-0.1, -0.05) is 12.1 Å². The number of benzene rings is 1. The standard InChI is InChI=1S/C18H18F3N7O/c1-12-8-11-28(27-12)16-7-6-15(25-26-16)22-9-10-23-17(29)24-14-5-3-2-4-13(14)18(19,20)21/h2-8,11H,9-10H2,1H3,(H,22,25)(H2,23,24,29). The first kappa shape index (κ1) is 20.1. The number of anilines is 2. The van der Waals surface area contributed by atoms with Crippen molar-refractivity contribution in [3.8, 4) is 5.82 Å². The fourth-order valence-corrected chi connectivity index (χ4v) is 2.46. The van der Waals surface area contributed by atoms with Crippen LogP contribution in [0.4, 0.5) is 29.5 Å². The van der Waals surface area contributed by atoms with Gasteiger partial charge in [-0.25, -0.2) is 9.48 Å². The van der Waals surface area contributed by atoms with Crippen molar-refractivity contribution in [1.82, 2.24) is 25.3 Å². The molecule has 0 aliphatic carbocycles. The van der Waals surface area contributed by atoms with Gasteiger partial charge >= 0.3 is 12.2 Å². The Morgan fingerprint density at radius 1 is 1.07 bits per heavy atom. The largest absolute Gasteiger partial charge is 0.418 e. The summed E-state index contributed by atoms with van der Waals surface area (Å²) in [6, 6.07) is 9.32. The second kappa shape index (κ2) is 8.59. The van der Waals surface area contributed by atoms with Crippen molar-refractivity contribution in [3.05, 3.63) is 59.9 Å². The third-order valence-electron chi connectivity index (χ3n) is 3.80. The SMILES string of the molecule is Cc1ccn(-c2ccc(NCCNC(=O)Nc3ccccc3C(F)(F)F)nn2)n1. The molecule has 1 aromatic carbocycles. The van der Waals surface area contributed by atoms with Crippen LogP contribution < -0.4 is 16.0 Å². The molecule has 0 spiro atoms. The van der Waals surface area contributed by atoms with Gasteiger partial charge < -0.3 is 16.0 Å². The number of amides is 2. The summed E-state index contributed by atoms with van der Waals surface area (Å²) in [5, 5.41) is 19.9. The molecule has 0 saturated heterocycles. The van der Waals surface area contributed by atoms with Gasteiger partial charge in [0.15, 0.2) is 5.82 Å². The lowest BCUT2D eigenvalue weighted by molar-refractivity contribution is -0.136. The monoisotopic (exact) mass is 405 g/mol. The second-order valence-electron chi connectivity index (χ2n) is 6.03. The number of aryl methyl sites for hydroxylation is 1. The zero-order chi connectivity index (χ0) is 20.9. The Bertz CT molecular complexity index is 970. The number of carbonyl (C=O) groups excluding carboxylic acids is 1. The van der Waals surface area contributed by atoms with Crippen molar-refractivity contribution in [1.29, 1.82) is 0 Å². The first-order valence-electron chi connectivity index (χ1n) is 8.64. The third kappa shape index (κ3) is 5.43. The Labute approximate surface area is 164 Å². The fraction of sp³-hybridized carbons (Fsp3) is 0.222. The van der Waals surface area contributed by atoms with E-state index in [9.17, 15) is 18.0 Å². The van der Waals surface area contributed by atoms with Gasteiger partial charge in [0, 0.05) is 19.3 Å². The van der Waals surface area contributed by atoms with Crippen LogP contribution in [0.3, 0.4) is 0 Å². The number of hydrogen-bond donors (Lipinski definition) is 3. The summed E-state index contributed by atoms with van der Waals surface area (Å²) in [5.41, 5.74) is -0.354. The molecule has 3 N–H and O–H groups in total. The Hall–Kier alpha value is -3.63. The summed E-state index contributed by atoms with van der Waals surface area (Å²) in [6.45, 7) is 2.34.